The van der Waals surface area contributed by atoms with E-state index < -0.39 is 0 Å². The van der Waals surface area contributed by atoms with Gasteiger partial charge in [-0.3, -0.25) is 0 Å². The minimum Gasteiger partial charge on any atom is -0.102 e. The molecule has 0 fully saturated rings. The van der Waals surface area contributed by atoms with Gasteiger partial charge in [-0.05, 0) is 22.8 Å². The molecule has 0 aromatic heterocycles. The zero-order valence-corrected chi connectivity index (χ0v) is 9.91. The molecule has 0 heterocycles. The Hall–Kier alpha value is -0.310. The molecule has 1 rings (SSSR count). The van der Waals surface area contributed by atoms with Crippen LogP contribution in [0.1, 0.15) is 24.3 Å². The van der Waals surface area contributed by atoms with Gasteiger partial charge < -0.3 is 0 Å². The van der Waals surface area contributed by atoms with Gasteiger partial charge in [0.1, 0.15) is 0 Å². The van der Waals surface area contributed by atoms with Gasteiger partial charge in [-0.2, -0.15) is 0 Å². The first kappa shape index (κ1) is 10.8. The van der Waals surface area contributed by atoms with Crippen LogP contribution in [0.25, 0.3) is 0 Å². The van der Waals surface area contributed by atoms with Crippen molar-refractivity contribution in [1.82, 2.24) is 0 Å². The van der Waals surface area contributed by atoms with Crippen molar-refractivity contribution in [3.05, 3.63) is 48.6 Å². The molecule has 70 valence electrons. The lowest BCUT2D eigenvalue weighted by Crippen LogP contribution is -1.94. The highest BCUT2D eigenvalue weighted by atomic mass is 127. The second-order valence-corrected chi connectivity index (χ2v) is 4.16. The summed E-state index contributed by atoms with van der Waals surface area (Å²) in [5.74, 6) is 0.538. The van der Waals surface area contributed by atoms with Crippen molar-refractivity contribution in [2.75, 3.05) is 4.43 Å². The summed E-state index contributed by atoms with van der Waals surface area (Å²) in [5.41, 5.74) is 1.39. The lowest BCUT2D eigenvalue weighted by Gasteiger charge is -2.11. The monoisotopic (exact) mass is 286 g/mol. The highest BCUT2D eigenvalue weighted by Crippen LogP contribution is 2.22. The molecule has 0 spiro atoms. The molecule has 0 nitrogen and oxygen atoms in total. The molecule has 1 aromatic rings. The Balaban J connectivity index is 2.61. The minimum absolute atomic E-state index is 0.538. The van der Waals surface area contributed by atoms with Crippen molar-refractivity contribution in [3.8, 4) is 0 Å². The first-order valence-corrected chi connectivity index (χ1v) is 6.14. The van der Waals surface area contributed by atoms with E-state index in [1.54, 1.807) is 0 Å². The van der Waals surface area contributed by atoms with Gasteiger partial charge in [0, 0.05) is 5.92 Å². The van der Waals surface area contributed by atoms with E-state index in [9.17, 15) is 0 Å². The molecule has 0 bridgehead atoms. The molecule has 0 aliphatic heterocycles. The highest BCUT2D eigenvalue weighted by Gasteiger charge is 2.05. The van der Waals surface area contributed by atoms with Gasteiger partial charge in [-0.15, -0.1) is 6.58 Å². The summed E-state index contributed by atoms with van der Waals surface area (Å²) >= 11 is 2.42. The number of halogens is 1. The smallest absolute Gasteiger partial charge is 0.00155 e. The third kappa shape index (κ3) is 3.51. The second kappa shape index (κ2) is 6.19. The summed E-state index contributed by atoms with van der Waals surface area (Å²) in [6.07, 6.45) is 4.55. The Labute approximate surface area is 94.2 Å². The maximum Gasteiger partial charge on any atom is 0.00155 e. The lowest BCUT2D eigenvalue weighted by molar-refractivity contribution is 0.729. The van der Waals surface area contributed by atoms with E-state index in [2.05, 4.69) is 65.6 Å². The summed E-state index contributed by atoms with van der Waals surface area (Å²) < 4.78 is 1.23. The van der Waals surface area contributed by atoms with E-state index in [1.807, 2.05) is 0 Å². The fourth-order valence-electron chi connectivity index (χ4n) is 1.42. The average Bonchev–Trinajstić information content (AvgIpc) is 2.21. The van der Waals surface area contributed by atoms with Crippen LogP contribution in [-0.2, 0) is 0 Å². The molecule has 1 aromatic carbocycles. The first-order valence-electron chi connectivity index (χ1n) is 4.62. The molecule has 0 unspecified atom stereocenters. The summed E-state index contributed by atoms with van der Waals surface area (Å²) in [7, 11) is 0. The third-order valence-electron chi connectivity index (χ3n) is 2.16. The molecule has 0 radical (unpaired) electrons. The maximum absolute atomic E-state index is 3.89. The van der Waals surface area contributed by atoms with Gasteiger partial charge >= 0.3 is 0 Å². The van der Waals surface area contributed by atoms with Crippen molar-refractivity contribution in [2.24, 2.45) is 0 Å². The summed E-state index contributed by atoms with van der Waals surface area (Å²) in [6, 6.07) is 10.6. The standard InChI is InChI=1S/C12H15I/c1-2-11(9-6-10-13)12-7-4-3-5-8-12/h2-5,7-8,11H,1,6,9-10H2/t11-/m0/s1. The SMILES string of the molecule is C=C[C@@H](CCCI)c1ccccc1. The van der Waals surface area contributed by atoms with E-state index in [0.717, 1.165) is 0 Å². The van der Waals surface area contributed by atoms with E-state index in [1.165, 1.54) is 22.8 Å². The zero-order chi connectivity index (χ0) is 9.52. The van der Waals surface area contributed by atoms with Crippen LogP contribution in [0.4, 0.5) is 0 Å². The first-order chi connectivity index (χ1) is 6.38. The largest absolute Gasteiger partial charge is 0.102 e. The lowest BCUT2D eigenvalue weighted by atomic mass is 9.95. The van der Waals surface area contributed by atoms with Crippen LogP contribution in [0.2, 0.25) is 0 Å². The van der Waals surface area contributed by atoms with Gasteiger partial charge in [-0.25, -0.2) is 0 Å². The van der Waals surface area contributed by atoms with E-state index in [-0.39, 0.29) is 0 Å². The van der Waals surface area contributed by atoms with Crippen molar-refractivity contribution < 1.29 is 0 Å². The molecule has 0 aliphatic rings. The van der Waals surface area contributed by atoms with E-state index in [0.29, 0.717) is 5.92 Å². The Morgan fingerprint density at radius 2 is 2.00 bits per heavy atom. The molecule has 0 N–H and O–H groups in total. The van der Waals surface area contributed by atoms with E-state index >= 15 is 0 Å². The maximum atomic E-state index is 3.89. The van der Waals surface area contributed by atoms with Crippen LogP contribution in [0, 0.1) is 0 Å². The predicted octanol–water partition coefficient (Wildman–Crippen LogP) is 4.17. The van der Waals surface area contributed by atoms with Crippen LogP contribution in [0.15, 0.2) is 43.0 Å². The average molecular weight is 286 g/mol. The molecule has 0 amide bonds. The third-order valence-corrected chi connectivity index (χ3v) is 2.92. The second-order valence-electron chi connectivity index (χ2n) is 3.08. The van der Waals surface area contributed by atoms with Gasteiger partial charge in [0.2, 0.25) is 0 Å². The fraction of sp³-hybridized carbons (Fsp3) is 0.333. The molecular weight excluding hydrogens is 271 g/mol. The van der Waals surface area contributed by atoms with Gasteiger partial charge in [0.15, 0.2) is 0 Å². The normalized spacial score (nSPS) is 12.4. The van der Waals surface area contributed by atoms with Crippen LogP contribution < -0.4 is 0 Å². The van der Waals surface area contributed by atoms with Gasteiger partial charge in [-0.1, -0.05) is 59.0 Å². The Morgan fingerprint density at radius 3 is 2.54 bits per heavy atom. The Morgan fingerprint density at radius 1 is 1.31 bits per heavy atom. The molecule has 0 saturated heterocycles. The molecule has 0 saturated carbocycles. The van der Waals surface area contributed by atoms with Crippen molar-refractivity contribution in [2.45, 2.75) is 18.8 Å². The van der Waals surface area contributed by atoms with Crippen LogP contribution in [0.3, 0.4) is 0 Å². The van der Waals surface area contributed by atoms with Crippen LogP contribution >= 0.6 is 22.6 Å². The predicted molar refractivity (Wildman–Crippen MR) is 67.5 cm³/mol. The highest BCUT2D eigenvalue weighted by molar-refractivity contribution is 14.1. The molecular formula is C12H15I. The molecule has 1 heteroatoms. The fourth-order valence-corrected chi connectivity index (χ4v) is 1.86. The van der Waals surface area contributed by atoms with Crippen LogP contribution in [-0.4, -0.2) is 4.43 Å². The van der Waals surface area contributed by atoms with Crippen molar-refractivity contribution in [3.63, 3.8) is 0 Å². The zero-order valence-electron chi connectivity index (χ0n) is 7.75. The Kier molecular flexibility index (Phi) is 5.13. The number of allylic oxidation sites excluding steroid dienone is 1. The van der Waals surface area contributed by atoms with Gasteiger partial charge in [0.25, 0.3) is 0 Å². The quantitative estimate of drug-likeness (QED) is 0.433. The molecule has 1 atom stereocenters. The number of hydrogen-bond donors (Lipinski definition) is 0. The summed E-state index contributed by atoms with van der Waals surface area (Å²) in [6.45, 7) is 3.89. The van der Waals surface area contributed by atoms with Crippen molar-refractivity contribution >= 4 is 22.6 Å². The van der Waals surface area contributed by atoms with Crippen molar-refractivity contribution in [1.29, 1.82) is 0 Å². The number of rotatable bonds is 5. The topological polar surface area (TPSA) is 0 Å². The number of benzene rings is 1. The number of hydrogen-bond acceptors (Lipinski definition) is 0. The molecule has 0 aliphatic carbocycles. The summed E-state index contributed by atoms with van der Waals surface area (Å²) in [5, 5.41) is 0. The van der Waals surface area contributed by atoms with Gasteiger partial charge in [0.05, 0.1) is 0 Å². The van der Waals surface area contributed by atoms with Crippen LogP contribution in [0.5, 0.6) is 0 Å². The Bertz CT molecular complexity index is 241. The molecule has 13 heavy (non-hydrogen) atoms. The number of alkyl halides is 1. The summed E-state index contributed by atoms with van der Waals surface area (Å²) in [4.78, 5) is 0. The van der Waals surface area contributed by atoms with E-state index in [4.69, 9.17) is 0 Å². The minimum atomic E-state index is 0.538.